The first-order valence-electron chi connectivity index (χ1n) is 4.44. The number of fused-ring (bicyclic) bond motifs is 1. The Morgan fingerprint density at radius 2 is 2.21 bits per heavy atom. The van der Waals surface area contributed by atoms with Gasteiger partial charge in [-0.15, -0.1) is 6.42 Å². The van der Waals surface area contributed by atoms with Gasteiger partial charge in [0.1, 0.15) is 0 Å². The van der Waals surface area contributed by atoms with Gasteiger partial charge in [0.15, 0.2) is 11.5 Å². The van der Waals surface area contributed by atoms with Gasteiger partial charge in [0.2, 0.25) is 6.79 Å². The Labute approximate surface area is 97.5 Å². The summed E-state index contributed by atoms with van der Waals surface area (Å²) in [4.78, 5) is 0. The molecule has 0 atom stereocenters. The molecule has 0 saturated carbocycles. The second-order valence-electron chi connectivity index (χ2n) is 2.65. The number of hydrogen-bond acceptors (Lipinski definition) is 2. The zero-order valence-corrected chi connectivity index (χ0v) is 9.37. The molecule has 0 amide bonds. The van der Waals surface area contributed by atoms with Crippen LogP contribution in [0.1, 0.15) is 12.5 Å². The van der Waals surface area contributed by atoms with Crippen molar-refractivity contribution >= 4 is 28.6 Å². The minimum atomic E-state index is 0.212. The zero-order valence-electron chi connectivity index (χ0n) is 8.21. The maximum atomic E-state index is 7.73. The number of halogens is 1. The lowest BCUT2D eigenvalue weighted by Crippen LogP contribution is -1.92. The lowest BCUT2D eigenvalue weighted by atomic mass is 10.1. The van der Waals surface area contributed by atoms with Crippen LogP contribution in [0.5, 0.6) is 11.5 Å². The Bertz CT molecular complexity index is 474. The lowest BCUT2D eigenvalue weighted by Gasteiger charge is -2.01. The molecule has 0 radical (unpaired) electrons. The first-order valence-corrected chi connectivity index (χ1v) is 5.18. The van der Waals surface area contributed by atoms with Crippen LogP contribution in [0.15, 0.2) is 16.2 Å². The van der Waals surface area contributed by atoms with E-state index in [-0.39, 0.29) is 6.79 Å². The number of rotatable bonds is 1. The van der Waals surface area contributed by atoms with Crippen molar-refractivity contribution in [2.75, 3.05) is 6.79 Å². The molecule has 0 bridgehead atoms. The quantitative estimate of drug-likeness (QED) is 0.586. The molecule has 0 N–H and O–H groups in total. The molecule has 1 aliphatic heterocycles. The highest BCUT2D eigenvalue weighted by molar-refractivity contribution is 14.1. The van der Waals surface area contributed by atoms with E-state index in [0.29, 0.717) is 28.7 Å². The second kappa shape index (κ2) is 3.93. The molecule has 1 heterocycles. The van der Waals surface area contributed by atoms with E-state index in [9.17, 15) is 0 Å². The monoisotopic (exact) mass is 299 g/mol. The van der Waals surface area contributed by atoms with Crippen LogP contribution in [0.2, 0.25) is 0 Å². The molecule has 0 aliphatic carbocycles. The molecule has 1 aromatic rings. The van der Waals surface area contributed by atoms with Crippen molar-refractivity contribution in [1.82, 2.24) is 0 Å². The predicted octanol–water partition coefficient (Wildman–Crippen LogP) is 2.80. The molecule has 3 heteroatoms. The largest absolute Gasteiger partial charge is 0.454 e. The van der Waals surface area contributed by atoms with Crippen LogP contribution in [0.25, 0.3) is 6.05 Å². The van der Waals surface area contributed by atoms with Crippen molar-refractivity contribution in [3.8, 4) is 23.8 Å². The van der Waals surface area contributed by atoms with Gasteiger partial charge in [-0.3, -0.25) is 0 Å². The Kier molecular flexibility index (Phi) is 2.29. The van der Waals surface area contributed by atoms with E-state index in [1.165, 1.54) is 0 Å². The first kappa shape index (κ1) is 8.18. The van der Waals surface area contributed by atoms with E-state index in [4.69, 9.17) is 17.3 Å². The Morgan fingerprint density at radius 3 is 2.86 bits per heavy atom. The summed E-state index contributed by atoms with van der Waals surface area (Å²) >= 11 is 2.01. The second-order valence-corrected chi connectivity index (χ2v) is 3.27. The summed E-state index contributed by atoms with van der Waals surface area (Å²) in [6.45, 7) is 0.212. The normalized spacial score (nSPS) is 14.9. The molecular weight excluding hydrogens is 291 g/mol. The van der Waals surface area contributed by atoms with E-state index in [2.05, 4.69) is 5.92 Å². The molecule has 0 spiro atoms. The van der Waals surface area contributed by atoms with Crippen LogP contribution >= 0.6 is 22.6 Å². The summed E-state index contributed by atoms with van der Waals surface area (Å²) in [5.74, 6) is 3.83. The summed E-state index contributed by atoms with van der Waals surface area (Å²) < 4.78 is 19.8. The standard InChI is InChI=1S/C11H7IO2/c1-2-8-5-10-11(14-7-13-10)6-9(8)3-4-12/h1,3-6H,7H2/b4-3+/i3D. The van der Waals surface area contributed by atoms with Crippen LogP contribution in [0, 0.1) is 12.3 Å². The SMILES string of the molecule is [2H]/C(=C\I)c1cc2c(cc1C#C)OCO2. The van der Waals surface area contributed by atoms with E-state index >= 15 is 0 Å². The van der Waals surface area contributed by atoms with Crippen molar-refractivity contribution < 1.29 is 10.8 Å². The first-order chi connectivity index (χ1) is 7.26. The summed E-state index contributed by atoms with van der Waals surface area (Å²) in [5, 5.41) is 0. The average molecular weight is 299 g/mol. The summed E-state index contributed by atoms with van der Waals surface area (Å²) in [6, 6.07) is 3.85. The van der Waals surface area contributed by atoms with Crippen molar-refractivity contribution in [2.24, 2.45) is 0 Å². The fraction of sp³-hybridized carbons (Fsp3) is 0.0909. The Morgan fingerprint density at radius 1 is 1.50 bits per heavy atom. The van der Waals surface area contributed by atoms with Gasteiger partial charge < -0.3 is 9.47 Å². The summed E-state index contributed by atoms with van der Waals surface area (Å²) in [5.41, 5.74) is 1.34. The third kappa shape index (κ3) is 1.58. The van der Waals surface area contributed by atoms with Gasteiger partial charge in [0.25, 0.3) is 0 Å². The van der Waals surface area contributed by atoms with Gasteiger partial charge in [-0.2, -0.15) is 0 Å². The molecule has 0 saturated heterocycles. The highest BCUT2D eigenvalue weighted by atomic mass is 127. The topological polar surface area (TPSA) is 18.5 Å². The zero-order chi connectivity index (χ0) is 10.8. The molecule has 1 aliphatic rings. The number of ether oxygens (including phenoxy) is 2. The van der Waals surface area contributed by atoms with E-state index < -0.39 is 0 Å². The van der Waals surface area contributed by atoms with Gasteiger partial charge in [-0.1, -0.05) is 28.5 Å². The third-order valence-electron chi connectivity index (χ3n) is 1.88. The van der Waals surface area contributed by atoms with Gasteiger partial charge in [0, 0.05) is 11.6 Å². The molecule has 2 rings (SSSR count). The molecule has 0 aromatic heterocycles. The Hall–Kier alpha value is -1.15. The Balaban J connectivity index is 2.60. The van der Waals surface area contributed by atoms with Crippen LogP contribution in [-0.4, -0.2) is 6.79 Å². The minimum Gasteiger partial charge on any atom is -0.454 e. The lowest BCUT2D eigenvalue weighted by molar-refractivity contribution is 0.174. The van der Waals surface area contributed by atoms with Crippen molar-refractivity contribution in [3.05, 3.63) is 27.3 Å². The molecule has 70 valence electrons. The number of benzene rings is 1. The van der Waals surface area contributed by atoms with Crippen molar-refractivity contribution in [2.45, 2.75) is 0 Å². The van der Waals surface area contributed by atoms with E-state index in [0.717, 1.165) is 0 Å². The fourth-order valence-electron chi connectivity index (χ4n) is 1.24. The van der Waals surface area contributed by atoms with Gasteiger partial charge in [0.05, 0.1) is 1.37 Å². The van der Waals surface area contributed by atoms with Crippen molar-refractivity contribution in [3.63, 3.8) is 0 Å². The highest BCUT2D eigenvalue weighted by Crippen LogP contribution is 2.35. The number of terminal acetylenes is 1. The minimum absolute atomic E-state index is 0.212. The van der Waals surface area contributed by atoms with Gasteiger partial charge in [-0.25, -0.2) is 0 Å². The van der Waals surface area contributed by atoms with Crippen molar-refractivity contribution in [1.29, 1.82) is 0 Å². The smallest absolute Gasteiger partial charge is 0.231 e. The summed E-state index contributed by atoms with van der Waals surface area (Å²) in [6.07, 6.45) is 5.38. The maximum Gasteiger partial charge on any atom is 0.231 e. The van der Waals surface area contributed by atoms with Crippen LogP contribution < -0.4 is 9.47 Å². The van der Waals surface area contributed by atoms with Crippen LogP contribution in [-0.2, 0) is 0 Å². The van der Waals surface area contributed by atoms with Crippen LogP contribution in [0.3, 0.4) is 0 Å². The molecule has 14 heavy (non-hydrogen) atoms. The highest BCUT2D eigenvalue weighted by Gasteiger charge is 2.15. The predicted molar refractivity (Wildman–Crippen MR) is 63.6 cm³/mol. The molecule has 0 unspecified atom stereocenters. The van der Waals surface area contributed by atoms with Gasteiger partial charge >= 0.3 is 0 Å². The molecule has 2 nitrogen and oxygen atoms in total. The maximum absolute atomic E-state index is 7.73. The molecular formula is C11H7IO2. The third-order valence-corrected chi connectivity index (χ3v) is 2.19. The van der Waals surface area contributed by atoms with Gasteiger partial charge in [-0.05, 0) is 21.8 Å². The van der Waals surface area contributed by atoms with E-state index in [1.807, 2.05) is 22.6 Å². The van der Waals surface area contributed by atoms with Crippen LogP contribution in [0.4, 0.5) is 0 Å². The summed E-state index contributed by atoms with van der Waals surface area (Å²) in [7, 11) is 0. The molecule has 0 fully saturated rings. The molecule has 1 aromatic carbocycles. The fourth-order valence-corrected chi connectivity index (χ4v) is 1.58. The average Bonchev–Trinajstić information content (AvgIpc) is 2.73. The number of hydrogen-bond donors (Lipinski definition) is 0. The van der Waals surface area contributed by atoms with E-state index in [1.54, 1.807) is 16.2 Å².